The summed E-state index contributed by atoms with van der Waals surface area (Å²) in [4.78, 5) is 13.2. The molecule has 2 heterocycles. The van der Waals surface area contributed by atoms with Crippen LogP contribution >= 0.6 is 0 Å². The molecule has 1 aromatic heterocycles. The Balaban J connectivity index is 1.52. The summed E-state index contributed by atoms with van der Waals surface area (Å²) in [6.07, 6.45) is 5.61. The van der Waals surface area contributed by atoms with Crippen molar-refractivity contribution in [2.75, 3.05) is 13.1 Å². The lowest BCUT2D eigenvalue weighted by Gasteiger charge is -2.43. The second-order valence-electron chi connectivity index (χ2n) is 5.52. The summed E-state index contributed by atoms with van der Waals surface area (Å²) in [6.45, 7) is 4.19. The Morgan fingerprint density at radius 3 is 2.83 bits per heavy atom. The average molecular weight is 250 g/mol. The molecule has 2 aliphatic rings. The molecule has 1 N–H and O–H groups in total. The van der Waals surface area contributed by atoms with E-state index in [9.17, 15) is 4.79 Å². The highest BCUT2D eigenvalue weighted by atomic mass is 16.4. The van der Waals surface area contributed by atoms with Gasteiger partial charge in [0.2, 0.25) is 0 Å². The average Bonchev–Trinajstić information content (AvgIpc) is 2.92. The Kier molecular flexibility index (Phi) is 2.81. The third kappa shape index (κ3) is 2.25. The van der Waals surface area contributed by atoms with Crippen LogP contribution in [0.15, 0.2) is 6.20 Å². The zero-order valence-corrected chi connectivity index (χ0v) is 10.5. The van der Waals surface area contributed by atoms with Gasteiger partial charge in [0.05, 0.1) is 12.2 Å². The van der Waals surface area contributed by atoms with E-state index >= 15 is 0 Å². The molecule has 0 radical (unpaired) electrons. The van der Waals surface area contributed by atoms with Gasteiger partial charge in [-0.05, 0) is 19.3 Å². The number of carbonyl (C=O) groups is 1. The SMILES string of the molecule is CC(CC1CC1)N1CC(n2cc(C(=O)O)nn2)C1. The third-order valence-corrected chi connectivity index (χ3v) is 3.99. The predicted molar refractivity (Wildman–Crippen MR) is 64.4 cm³/mol. The van der Waals surface area contributed by atoms with E-state index in [0.29, 0.717) is 6.04 Å². The van der Waals surface area contributed by atoms with E-state index in [0.717, 1.165) is 19.0 Å². The van der Waals surface area contributed by atoms with Crippen LogP contribution in [-0.2, 0) is 0 Å². The maximum atomic E-state index is 10.7. The van der Waals surface area contributed by atoms with Crippen LogP contribution < -0.4 is 0 Å². The van der Waals surface area contributed by atoms with Gasteiger partial charge in [0, 0.05) is 19.1 Å². The summed E-state index contributed by atoms with van der Waals surface area (Å²) < 4.78 is 1.68. The van der Waals surface area contributed by atoms with Crippen molar-refractivity contribution in [1.82, 2.24) is 19.9 Å². The van der Waals surface area contributed by atoms with Crippen LogP contribution in [0.4, 0.5) is 0 Å². The fourth-order valence-electron chi connectivity index (χ4n) is 2.55. The first-order chi connectivity index (χ1) is 8.63. The molecule has 1 atom stereocenters. The van der Waals surface area contributed by atoms with Gasteiger partial charge in [0.25, 0.3) is 0 Å². The van der Waals surface area contributed by atoms with E-state index in [-0.39, 0.29) is 11.7 Å². The van der Waals surface area contributed by atoms with Gasteiger partial charge in [-0.25, -0.2) is 9.48 Å². The molecule has 1 saturated carbocycles. The Hall–Kier alpha value is -1.43. The van der Waals surface area contributed by atoms with E-state index in [2.05, 4.69) is 22.1 Å². The van der Waals surface area contributed by atoms with Crippen molar-refractivity contribution in [2.45, 2.75) is 38.3 Å². The number of aromatic nitrogens is 3. The number of nitrogens with zero attached hydrogens (tertiary/aromatic N) is 4. The molecule has 0 aromatic carbocycles. The summed E-state index contributed by atoms with van der Waals surface area (Å²) in [5.74, 6) is -0.0661. The van der Waals surface area contributed by atoms with Crippen molar-refractivity contribution in [3.63, 3.8) is 0 Å². The van der Waals surface area contributed by atoms with Crippen LogP contribution in [0.5, 0.6) is 0 Å². The fourth-order valence-corrected chi connectivity index (χ4v) is 2.55. The first-order valence-electron chi connectivity index (χ1n) is 6.52. The van der Waals surface area contributed by atoms with E-state index in [1.807, 2.05) is 0 Å². The standard InChI is InChI=1S/C12H18N4O2/c1-8(4-9-2-3-9)15-5-10(6-15)16-7-11(12(17)18)13-14-16/h7-10H,2-6H2,1H3,(H,17,18). The minimum atomic E-state index is -1.01. The molecule has 1 unspecified atom stereocenters. The summed E-state index contributed by atoms with van der Waals surface area (Å²) in [6, 6.07) is 0.920. The zero-order chi connectivity index (χ0) is 12.7. The van der Waals surface area contributed by atoms with E-state index in [1.165, 1.54) is 25.5 Å². The lowest BCUT2D eigenvalue weighted by Crippen LogP contribution is -2.52. The minimum absolute atomic E-state index is 0.0273. The molecule has 18 heavy (non-hydrogen) atoms. The van der Waals surface area contributed by atoms with Crippen LogP contribution in [0.25, 0.3) is 0 Å². The van der Waals surface area contributed by atoms with Crippen LogP contribution in [0.2, 0.25) is 0 Å². The summed E-state index contributed by atoms with van der Waals surface area (Å²) in [7, 11) is 0. The molecule has 1 aromatic rings. The maximum Gasteiger partial charge on any atom is 0.358 e. The van der Waals surface area contributed by atoms with Gasteiger partial charge < -0.3 is 5.11 Å². The molecule has 98 valence electrons. The zero-order valence-electron chi connectivity index (χ0n) is 10.5. The van der Waals surface area contributed by atoms with Gasteiger partial charge >= 0.3 is 5.97 Å². The van der Waals surface area contributed by atoms with Crippen molar-refractivity contribution in [3.05, 3.63) is 11.9 Å². The Labute approximate surface area is 106 Å². The molecule has 1 aliphatic carbocycles. The van der Waals surface area contributed by atoms with Crippen molar-refractivity contribution in [1.29, 1.82) is 0 Å². The van der Waals surface area contributed by atoms with Crippen molar-refractivity contribution in [2.24, 2.45) is 5.92 Å². The van der Waals surface area contributed by atoms with Crippen molar-refractivity contribution < 1.29 is 9.90 Å². The molecule has 0 amide bonds. The largest absolute Gasteiger partial charge is 0.476 e. The lowest BCUT2D eigenvalue weighted by atomic mass is 10.0. The minimum Gasteiger partial charge on any atom is -0.476 e. The molecule has 0 bridgehead atoms. The number of carboxylic acids is 1. The normalized spacial score (nSPS) is 22.7. The number of carboxylic acid groups (broad SMARTS) is 1. The monoisotopic (exact) mass is 250 g/mol. The quantitative estimate of drug-likeness (QED) is 0.844. The first kappa shape index (κ1) is 11.6. The molecule has 6 heteroatoms. The molecule has 6 nitrogen and oxygen atoms in total. The number of hydrogen-bond donors (Lipinski definition) is 1. The van der Waals surface area contributed by atoms with E-state index in [1.54, 1.807) is 4.68 Å². The van der Waals surface area contributed by atoms with Gasteiger partial charge in [0.15, 0.2) is 5.69 Å². The summed E-state index contributed by atoms with van der Waals surface area (Å²) in [5, 5.41) is 16.3. The van der Waals surface area contributed by atoms with Gasteiger partial charge in [-0.3, -0.25) is 4.90 Å². The van der Waals surface area contributed by atoms with Crippen LogP contribution in [0, 0.1) is 5.92 Å². The summed E-state index contributed by atoms with van der Waals surface area (Å²) in [5.41, 5.74) is 0.0273. The highest BCUT2D eigenvalue weighted by Crippen LogP contribution is 2.36. The maximum absolute atomic E-state index is 10.7. The first-order valence-corrected chi connectivity index (χ1v) is 6.52. The Morgan fingerprint density at radius 2 is 2.28 bits per heavy atom. The highest BCUT2D eigenvalue weighted by Gasteiger charge is 2.35. The Bertz CT molecular complexity index is 449. The predicted octanol–water partition coefficient (Wildman–Crippen LogP) is 1.02. The van der Waals surface area contributed by atoms with Crippen LogP contribution in [0.3, 0.4) is 0 Å². The molecule has 3 rings (SSSR count). The topological polar surface area (TPSA) is 71.2 Å². The molecule has 2 fully saturated rings. The van der Waals surface area contributed by atoms with Gasteiger partial charge in [0.1, 0.15) is 0 Å². The molecule has 0 spiro atoms. The third-order valence-electron chi connectivity index (χ3n) is 3.99. The fraction of sp³-hybridized carbons (Fsp3) is 0.750. The molecule has 1 saturated heterocycles. The smallest absolute Gasteiger partial charge is 0.358 e. The molecular weight excluding hydrogens is 232 g/mol. The molecular formula is C12H18N4O2. The number of likely N-dealkylation sites (tertiary alicyclic amines) is 1. The number of hydrogen-bond acceptors (Lipinski definition) is 4. The highest BCUT2D eigenvalue weighted by molar-refractivity contribution is 5.84. The Morgan fingerprint density at radius 1 is 1.56 bits per heavy atom. The van der Waals surface area contributed by atoms with Gasteiger partial charge in [-0.1, -0.05) is 18.1 Å². The van der Waals surface area contributed by atoms with E-state index < -0.39 is 5.97 Å². The number of aromatic carboxylic acids is 1. The second-order valence-corrected chi connectivity index (χ2v) is 5.52. The van der Waals surface area contributed by atoms with Crippen molar-refractivity contribution >= 4 is 5.97 Å². The van der Waals surface area contributed by atoms with E-state index in [4.69, 9.17) is 5.11 Å². The van der Waals surface area contributed by atoms with Crippen molar-refractivity contribution in [3.8, 4) is 0 Å². The van der Waals surface area contributed by atoms with Gasteiger partial charge in [-0.2, -0.15) is 0 Å². The molecule has 1 aliphatic heterocycles. The van der Waals surface area contributed by atoms with Crippen LogP contribution in [-0.4, -0.2) is 50.1 Å². The lowest BCUT2D eigenvalue weighted by molar-refractivity contribution is 0.0531. The summed E-state index contributed by atoms with van der Waals surface area (Å²) >= 11 is 0. The van der Waals surface area contributed by atoms with Crippen LogP contribution in [0.1, 0.15) is 42.7 Å². The number of rotatable bonds is 5. The second kappa shape index (κ2) is 4.35. The van der Waals surface area contributed by atoms with Gasteiger partial charge in [-0.15, -0.1) is 5.10 Å².